The summed E-state index contributed by atoms with van der Waals surface area (Å²) in [6.45, 7) is 3.05. The van der Waals surface area contributed by atoms with E-state index in [9.17, 15) is 9.90 Å². The van der Waals surface area contributed by atoms with Crippen LogP contribution >= 0.6 is 0 Å². The Kier molecular flexibility index (Phi) is 4.61. The van der Waals surface area contributed by atoms with Crippen molar-refractivity contribution in [1.82, 2.24) is 0 Å². The predicted molar refractivity (Wildman–Crippen MR) is 45.1 cm³/mol. The zero-order valence-corrected chi connectivity index (χ0v) is 7.51. The van der Waals surface area contributed by atoms with Crippen LogP contribution in [-0.2, 0) is 4.79 Å². The first-order valence-corrected chi connectivity index (χ1v) is 3.77. The quantitative estimate of drug-likeness (QED) is 0.341. The Balaban J connectivity index is 4.51. The van der Waals surface area contributed by atoms with Gasteiger partial charge < -0.3 is 25.2 Å². The average Bonchev–Trinajstić information content (AvgIpc) is 2.12. The lowest BCUT2D eigenvalue weighted by atomic mass is 10.1. The van der Waals surface area contributed by atoms with Crippen LogP contribution < -0.4 is 0 Å². The van der Waals surface area contributed by atoms with E-state index in [0.29, 0.717) is 5.57 Å². The fourth-order valence-electron chi connectivity index (χ4n) is 0.725. The first-order chi connectivity index (χ1) is 5.91. The molecule has 0 aromatic rings. The number of aliphatic hydroxyl groups is 4. The molecular weight excluding hydrogens is 176 g/mol. The zero-order chi connectivity index (χ0) is 10.6. The molecule has 0 radical (unpaired) electrons. The number of carbonyl (C=O) groups excluding carboxylic acids is 1. The van der Waals surface area contributed by atoms with Crippen molar-refractivity contribution in [2.24, 2.45) is 0 Å². The van der Waals surface area contributed by atoms with Gasteiger partial charge in [-0.25, -0.2) is 0 Å². The van der Waals surface area contributed by atoms with Crippen molar-refractivity contribution >= 4 is 6.29 Å². The minimum Gasteiger partial charge on any atom is -0.510 e. The third-order valence-corrected chi connectivity index (χ3v) is 1.61. The van der Waals surface area contributed by atoms with E-state index < -0.39 is 24.1 Å². The SMILES string of the molecule is CC(C)=C(O)[C@@H](O)[C@@H](O)[C@@H](O)C=O. The topological polar surface area (TPSA) is 98.0 Å². The Bertz CT molecular complexity index is 207. The Labute approximate surface area is 75.9 Å². The maximum absolute atomic E-state index is 10.0. The summed E-state index contributed by atoms with van der Waals surface area (Å²) in [7, 11) is 0. The van der Waals surface area contributed by atoms with E-state index in [1.165, 1.54) is 13.8 Å². The molecule has 0 saturated carbocycles. The molecule has 0 aromatic carbocycles. The minimum atomic E-state index is -1.70. The highest BCUT2D eigenvalue weighted by molar-refractivity contribution is 5.56. The van der Waals surface area contributed by atoms with Crippen LogP contribution in [0.3, 0.4) is 0 Å². The van der Waals surface area contributed by atoms with Gasteiger partial charge in [0.05, 0.1) is 0 Å². The highest BCUT2D eigenvalue weighted by Gasteiger charge is 2.27. The van der Waals surface area contributed by atoms with Crippen molar-refractivity contribution in [3.8, 4) is 0 Å². The zero-order valence-electron chi connectivity index (χ0n) is 7.51. The van der Waals surface area contributed by atoms with Gasteiger partial charge in [0.2, 0.25) is 0 Å². The lowest BCUT2D eigenvalue weighted by molar-refractivity contribution is -0.125. The van der Waals surface area contributed by atoms with E-state index in [2.05, 4.69) is 0 Å². The second-order valence-corrected chi connectivity index (χ2v) is 2.95. The maximum Gasteiger partial charge on any atom is 0.151 e. The van der Waals surface area contributed by atoms with Gasteiger partial charge in [0, 0.05) is 0 Å². The molecule has 0 bridgehead atoms. The van der Waals surface area contributed by atoms with Crippen LogP contribution in [0.2, 0.25) is 0 Å². The minimum absolute atomic E-state index is 0.0894. The molecule has 0 heterocycles. The van der Waals surface area contributed by atoms with Gasteiger partial charge in [-0.3, -0.25) is 0 Å². The van der Waals surface area contributed by atoms with E-state index in [0.717, 1.165) is 0 Å². The van der Waals surface area contributed by atoms with Crippen molar-refractivity contribution in [1.29, 1.82) is 0 Å². The van der Waals surface area contributed by atoms with Crippen LogP contribution in [0, 0.1) is 0 Å². The predicted octanol–water partition coefficient (Wildman–Crippen LogP) is -0.880. The van der Waals surface area contributed by atoms with E-state index in [4.69, 9.17) is 15.3 Å². The number of aliphatic hydroxyl groups excluding tert-OH is 4. The van der Waals surface area contributed by atoms with Gasteiger partial charge in [-0.2, -0.15) is 0 Å². The molecule has 13 heavy (non-hydrogen) atoms. The molecule has 0 saturated heterocycles. The highest BCUT2D eigenvalue weighted by atomic mass is 16.4. The molecule has 0 amide bonds. The van der Waals surface area contributed by atoms with Gasteiger partial charge in [-0.15, -0.1) is 0 Å². The number of carbonyl (C=O) groups is 1. The fourth-order valence-corrected chi connectivity index (χ4v) is 0.725. The Morgan fingerprint density at radius 3 is 2.00 bits per heavy atom. The molecule has 5 nitrogen and oxygen atoms in total. The first kappa shape index (κ1) is 12.1. The normalized spacial score (nSPS) is 17.3. The molecule has 0 aliphatic heterocycles. The second kappa shape index (κ2) is 4.96. The molecule has 3 atom stereocenters. The lowest BCUT2D eigenvalue weighted by Gasteiger charge is -2.19. The molecule has 0 fully saturated rings. The highest BCUT2D eigenvalue weighted by Crippen LogP contribution is 2.10. The van der Waals surface area contributed by atoms with Gasteiger partial charge in [0.25, 0.3) is 0 Å². The number of hydrogen-bond acceptors (Lipinski definition) is 5. The van der Waals surface area contributed by atoms with E-state index in [-0.39, 0.29) is 6.29 Å². The summed E-state index contributed by atoms with van der Waals surface area (Å²) in [6, 6.07) is 0. The Morgan fingerprint density at radius 1 is 1.23 bits per heavy atom. The summed E-state index contributed by atoms with van der Waals surface area (Å²) in [5.41, 5.74) is 0.407. The van der Waals surface area contributed by atoms with Crippen molar-refractivity contribution in [3.63, 3.8) is 0 Å². The summed E-state index contributed by atoms with van der Waals surface area (Å²) in [4.78, 5) is 10.0. The molecule has 5 heteroatoms. The van der Waals surface area contributed by atoms with Crippen LogP contribution in [0.5, 0.6) is 0 Å². The summed E-state index contributed by atoms with van der Waals surface area (Å²) in [5, 5.41) is 36.2. The molecule has 0 aliphatic carbocycles. The maximum atomic E-state index is 10.0. The average molecular weight is 190 g/mol. The summed E-state index contributed by atoms with van der Waals surface area (Å²) in [6.07, 6.45) is -4.94. The van der Waals surface area contributed by atoms with Crippen molar-refractivity contribution in [3.05, 3.63) is 11.3 Å². The molecule has 0 rings (SSSR count). The lowest BCUT2D eigenvalue weighted by Crippen LogP contribution is -2.39. The molecule has 0 aromatic heterocycles. The summed E-state index contributed by atoms with van der Waals surface area (Å²) >= 11 is 0. The van der Waals surface area contributed by atoms with Gasteiger partial charge in [-0.1, -0.05) is 0 Å². The number of hydrogen-bond donors (Lipinski definition) is 4. The van der Waals surface area contributed by atoms with Crippen molar-refractivity contribution in [2.45, 2.75) is 32.2 Å². The van der Waals surface area contributed by atoms with Crippen molar-refractivity contribution < 1.29 is 25.2 Å². The van der Waals surface area contributed by atoms with Crippen LogP contribution in [0.15, 0.2) is 11.3 Å². The third kappa shape index (κ3) is 3.14. The van der Waals surface area contributed by atoms with Gasteiger partial charge in [0.15, 0.2) is 6.29 Å². The van der Waals surface area contributed by atoms with E-state index in [1.54, 1.807) is 0 Å². The molecule has 4 N–H and O–H groups in total. The van der Waals surface area contributed by atoms with Crippen LogP contribution in [-0.4, -0.2) is 45.0 Å². The molecular formula is C8H14O5. The smallest absolute Gasteiger partial charge is 0.151 e. The van der Waals surface area contributed by atoms with Crippen LogP contribution in [0.4, 0.5) is 0 Å². The van der Waals surface area contributed by atoms with Gasteiger partial charge in [-0.05, 0) is 19.4 Å². The van der Waals surface area contributed by atoms with E-state index >= 15 is 0 Å². The molecule has 0 unspecified atom stereocenters. The monoisotopic (exact) mass is 190 g/mol. The van der Waals surface area contributed by atoms with Gasteiger partial charge in [0.1, 0.15) is 24.1 Å². The standard InChI is InChI=1S/C8H14O5/c1-4(2)6(11)8(13)7(12)5(10)3-9/h3,5,7-8,10-13H,1-2H3/t5-,7-,8+/m0/s1. The summed E-state index contributed by atoms with van der Waals surface area (Å²) < 4.78 is 0. The number of rotatable bonds is 4. The van der Waals surface area contributed by atoms with Crippen LogP contribution in [0.1, 0.15) is 13.8 Å². The summed E-state index contributed by atoms with van der Waals surface area (Å²) in [5.74, 6) is -0.437. The van der Waals surface area contributed by atoms with Crippen LogP contribution in [0.25, 0.3) is 0 Å². The Hall–Kier alpha value is -0.910. The van der Waals surface area contributed by atoms with Gasteiger partial charge >= 0.3 is 0 Å². The first-order valence-electron chi connectivity index (χ1n) is 3.77. The second-order valence-electron chi connectivity index (χ2n) is 2.95. The largest absolute Gasteiger partial charge is 0.510 e. The molecule has 0 spiro atoms. The molecule has 0 aliphatic rings. The number of allylic oxidation sites excluding steroid dienone is 1. The van der Waals surface area contributed by atoms with E-state index in [1.807, 2.05) is 0 Å². The Morgan fingerprint density at radius 2 is 1.69 bits per heavy atom. The molecule has 76 valence electrons. The third-order valence-electron chi connectivity index (χ3n) is 1.61. The fraction of sp³-hybridized carbons (Fsp3) is 0.625. The number of aldehydes is 1. The van der Waals surface area contributed by atoms with Crippen molar-refractivity contribution in [2.75, 3.05) is 0 Å².